The first-order chi connectivity index (χ1) is 6.19. The van der Waals surface area contributed by atoms with Gasteiger partial charge in [-0.25, -0.2) is 0 Å². The van der Waals surface area contributed by atoms with Gasteiger partial charge in [-0.3, -0.25) is 4.79 Å². The monoisotopic (exact) mass is 182 g/mol. The van der Waals surface area contributed by atoms with E-state index in [1.165, 1.54) is 6.07 Å². The molecule has 0 unspecified atom stereocenters. The van der Waals surface area contributed by atoms with Crippen LogP contribution in [0.25, 0.3) is 0 Å². The molecule has 1 atom stereocenters. The summed E-state index contributed by atoms with van der Waals surface area (Å²) in [6, 6.07) is 1.41. The fraction of sp³-hybridized carbons (Fsp3) is 0.444. The predicted molar refractivity (Wildman–Crippen MR) is 50.7 cm³/mol. The largest absolute Gasteiger partial charge is 0.394 e. The second-order valence-electron chi connectivity index (χ2n) is 2.96. The van der Waals surface area contributed by atoms with E-state index in [0.717, 1.165) is 11.1 Å². The van der Waals surface area contributed by atoms with Crippen molar-refractivity contribution in [3.63, 3.8) is 0 Å². The molecule has 0 radical (unpaired) electrons. The minimum absolute atomic E-state index is 0.0172. The van der Waals surface area contributed by atoms with Gasteiger partial charge < -0.3 is 15.4 Å². The molecule has 0 saturated heterocycles. The van der Waals surface area contributed by atoms with Crippen molar-refractivity contribution in [2.45, 2.75) is 13.0 Å². The third-order valence-electron chi connectivity index (χ3n) is 2.08. The van der Waals surface area contributed by atoms with Crippen LogP contribution < -0.4 is 10.9 Å². The van der Waals surface area contributed by atoms with Crippen LogP contribution in [0.3, 0.4) is 0 Å². The Hall–Kier alpha value is -1.13. The molecule has 3 N–H and O–H groups in total. The van der Waals surface area contributed by atoms with E-state index in [1.807, 2.05) is 6.92 Å². The van der Waals surface area contributed by atoms with Crippen LogP contribution in [0.5, 0.6) is 0 Å². The molecule has 0 bridgehead atoms. The minimum Gasteiger partial charge on any atom is -0.394 e. The van der Waals surface area contributed by atoms with Crippen molar-refractivity contribution in [3.05, 3.63) is 33.7 Å². The topological polar surface area (TPSA) is 65.1 Å². The average molecular weight is 182 g/mol. The van der Waals surface area contributed by atoms with Crippen molar-refractivity contribution in [2.24, 2.45) is 0 Å². The standard InChI is InChI=1S/C9H14N2O2/c1-6-3-9(13)11-4-7(6)8(5-12)10-2/h3-4,8,10,12H,5H2,1-2H3,(H,11,13)/t8-/m1/s1. The van der Waals surface area contributed by atoms with Crippen LogP contribution in [0.15, 0.2) is 17.1 Å². The molecule has 0 spiro atoms. The Morgan fingerprint density at radius 2 is 2.38 bits per heavy atom. The predicted octanol–water partition coefficient (Wildman–Crippen LogP) is -0.0639. The third kappa shape index (κ3) is 2.17. The number of rotatable bonds is 3. The number of nitrogens with one attached hydrogen (secondary N) is 2. The maximum atomic E-state index is 10.9. The Kier molecular flexibility index (Phi) is 3.22. The van der Waals surface area contributed by atoms with Gasteiger partial charge in [0.25, 0.3) is 0 Å². The van der Waals surface area contributed by atoms with E-state index in [0.29, 0.717) is 0 Å². The molecule has 13 heavy (non-hydrogen) atoms. The van der Waals surface area contributed by atoms with Gasteiger partial charge in [-0.15, -0.1) is 0 Å². The molecule has 0 aliphatic carbocycles. The number of hydrogen-bond acceptors (Lipinski definition) is 3. The van der Waals surface area contributed by atoms with Gasteiger partial charge in [0.05, 0.1) is 12.6 Å². The second-order valence-corrected chi connectivity index (χ2v) is 2.96. The Labute approximate surface area is 76.6 Å². The highest BCUT2D eigenvalue weighted by Gasteiger charge is 2.09. The molecule has 0 fully saturated rings. The van der Waals surface area contributed by atoms with Gasteiger partial charge in [0.1, 0.15) is 0 Å². The highest BCUT2D eigenvalue weighted by molar-refractivity contribution is 5.25. The highest BCUT2D eigenvalue weighted by Crippen LogP contribution is 2.13. The van der Waals surface area contributed by atoms with Gasteiger partial charge in [0.2, 0.25) is 5.56 Å². The normalized spacial score (nSPS) is 12.8. The second kappa shape index (κ2) is 4.20. The minimum atomic E-state index is -0.117. The zero-order valence-electron chi connectivity index (χ0n) is 7.79. The van der Waals surface area contributed by atoms with Gasteiger partial charge in [-0.2, -0.15) is 0 Å². The summed E-state index contributed by atoms with van der Waals surface area (Å²) in [7, 11) is 1.77. The molecule has 1 heterocycles. The summed E-state index contributed by atoms with van der Waals surface area (Å²) in [5.74, 6) is 0. The molecule has 0 amide bonds. The van der Waals surface area contributed by atoms with Gasteiger partial charge in [-0.05, 0) is 25.1 Å². The number of likely N-dealkylation sites (N-methyl/N-ethyl adjacent to an activating group) is 1. The summed E-state index contributed by atoms with van der Waals surface area (Å²) in [5, 5.41) is 12.0. The first-order valence-electron chi connectivity index (χ1n) is 4.16. The van der Waals surface area contributed by atoms with E-state index in [1.54, 1.807) is 13.2 Å². The average Bonchev–Trinajstić information content (AvgIpc) is 2.10. The van der Waals surface area contributed by atoms with Gasteiger partial charge in [-0.1, -0.05) is 0 Å². The Morgan fingerprint density at radius 1 is 1.69 bits per heavy atom. The van der Waals surface area contributed by atoms with Gasteiger partial charge in [0, 0.05) is 12.3 Å². The van der Waals surface area contributed by atoms with Crippen molar-refractivity contribution in [2.75, 3.05) is 13.7 Å². The van der Waals surface area contributed by atoms with Crippen molar-refractivity contribution in [1.29, 1.82) is 0 Å². The zero-order chi connectivity index (χ0) is 9.84. The third-order valence-corrected chi connectivity index (χ3v) is 2.08. The number of aromatic nitrogens is 1. The fourth-order valence-corrected chi connectivity index (χ4v) is 1.30. The molecule has 1 aromatic rings. The van der Waals surface area contributed by atoms with Gasteiger partial charge in [0.15, 0.2) is 0 Å². The summed E-state index contributed by atoms with van der Waals surface area (Å²) >= 11 is 0. The van der Waals surface area contributed by atoms with E-state index < -0.39 is 0 Å². The summed E-state index contributed by atoms with van der Waals surface area (Å²) in [4.78, 5) is 13.5. The van der Waals surface area contributed by atoms with E-state index in [9.17, 15) is 4.79 Å². The molecule has 4 nitrogen and oxygen atoms in total. The summed E-state index contributed by atoms with van der Waals surface area (Å²) in [5.41, 5.74) is 1.69. The van der Waals surface area contributed by atoms with Crippen LogP contribution in [0.4, 0.5) is 0 Å². The number of pyridine rings is 1. The Bertz CT molecular complexity index is 329. The molecule has 0 aliphatic heterocycles. The lowest BCUT2D eigenvalue weighted by Gasteiger charge is -2.15. The molecule has 0 aromatic carbocycles. The number of H-pyrrole nitrogens is 1. The smallest absolute Gasteiger partial charge is 0.248 e. The highest BCUT2D eigenvalue weighted by atomic mass is 16.3. The summed E-state index contributed by atoms with van der Waals surface area (Å²) in [6.07, 6.45) is 1.63. The first-order valence-corrected chi connectivity index (χ1v) is 4.16. The van der Waals surface area contributed by atoms with Crippen LogP contribution in [0.2, 0.25) is 0 Å². The Morgan fingerprint density at radius 3 is 2.85 bits per heavy atom. The molecule has 0 saturated carbocycles. The lowest BCUT2D eigenvalue weighted by atomic mass is 10.1. The number of aliphatic hydroxyl groups excluding tert-OH is 1. The maximum absolute atomic E-state index is 10.9. The van der Waals surface area contributed by atoms with Crippen LogP contribution >= 0.6 is 0 Å². The van der Waals surface area contributed by atoms with E-state index in [-0.39, 0.29) is 18.2 Å². The number of aryl methyl sites for hydroxylation is 1. The lowest BCUT2D eigenvalue weighted by molar-refractivity contribution is 0.250. The number of hydrogen-bond donors (Lipinski definition) is 3. The molecular weight excluding hydrogens is 168 g/mol. The summed E-state index contributed by atoms with van der Waals surface area (Å²) in [6.45, 7) is 1.87. The SMILES string of the molecule is CN[C@H](CO)c1c[nH]c(=O)cc1C. The van der Waals surface area contributed by atoms with Crippen molar-refractivity contribution in [1.82, 2.24) is 10.3 Å². The van der Waals surface area contributed by atoms with E-state index in [4.69, 9.17) is 5.11 Å². The molecule has 72 valence electrons. The number of aromatic amines is 1. The van der Waals surface area contributed by atoms with E-state index in [2.05, 4.69) is 10.3 Å². The maximum Gasteiger partial charge on any atom is 0.248 e. The fourth-order valence-electron chi connectivity index (χ4n) is 1.30. The van der Waals surface area contributed by atoms with Crippen LogP contribution in [0.1, 0.15) is 17.2 Å². The first kappa shape index (κ1) is 9.95. The molecule has 1 aromatic heterocycles. The quantitative estimate of drug-likeness (QED) is 0.613. The molecule has 1 rings (SSSR count). The molecular formula is C9H14N2O2. The van der Waals surface area contributed by atoms with Crippen LogP contribution in [0, 0.1) is 6.92 Å². The van der Waals surface area contributed by atoms with Crippen LogP contribution in [-0.2, 0) is 0 Å². The summed E-state index contributed by atoms with van der Waals surface area (Å²) < 4.78 is 0. The van der Waals surface area contributed by atoms with Crippen molar-refractivity contribution < 1.29 is 5.11 Å². The molecule has 0 aliphatic rings. The Balaban J connectivity index is 3.06. The van der Waals surface area contributed by atoms with E-state index >= 15 is 0 Å². The number of aliphatic hydroxyl groups is 1. The van der Waals surface area contributed by atoms with Crippen molar-refractivity contribution >= 4 is 0 Å². The lowest BCUT2D eigenvalue weighted by Crippen LogP contribution is -2.22. The van der Waals surface area contributed by atoms with Crippen molar-refractivity contribution in [3.8, 4) is 0 Å². The molecule has 4 heteroatoms. The van der Waals surface area contributed by atoms with Gasteiger partial charge >= 0.3 is 0 Å². The zero-order valence-corrected chi connectivity index (χ0v) is 7.79. The van der Waals surface area contributed by atoms with Crippen LogP contribution in [-0.4, -0.2) is 23.7 Å².